The highest BCUT2D eigenvalue weighted by Crippen LogP contribution is 2.15. The number of carboxylic acid groups (broad SMARTS) is 1. The van der Waals surface area contributed by atoms with Crippen LogP contribution in [0.2, 0.25) is 0 Å². The number of hydrogen-bond acceptors (Lipinski definition) is 4. The van der Waals surface area contributed by atoms with Crippen molar-refractivity contribution < 1.29 is 24.5 Å². The van der Waals surface area contributed by atoms with Crippen molar-refractivity contribution in [3.8, 4) is 0 Å². The van der Waals surface area contributed by atoms with Crippen LogP contribution >= 0.6 is 0 Å². The van der Waals surface area contributed by atoms with E-state index in [0.717, 1.165) is 6.42 Å². The number of amides is 2. The van der Waals surface area contributed by atoms with Crippen LogP contribution in [-0.2, 0) is 9.53 Å². The van der Waals surface area contributed by atoms with Crippen LogP contribution in [-0.4, -0.2) is 54.1 Å². The molecular weight excluding hydrogens is 228 g/mol. The standard InChI is InChI=1S/C10H18N2O5/c1-6(7-2-3-17-5-7)12-10(16)11-4-8(13)9(14)15/h6-8,13H,2-5H2,1H3,(H,14,15)(H2,11,12,16)/t6?,7?,8-/m0/s1. The fourth-order valence-corrected chi connectivity index (χ4v) is 1.60. The molecule has 0 aromatic rings. The first kappa shape index (κ1) is 13.7. The second-order valence-electron chi connectivity index (χ2n) is 4.12. The van der Waals surface area contributed by atoms with Gasteiger partial charge in [-0.3, -0.25) is 0 Å². The van der Waals surface area contributed by atoms with Crippen molar-refractivity contribution in [2.75, 3.05) is 19.8 Å². The molecule has 1 heterocycles. The summed E-state index contributed by atoms with van der Waals surface area (Å²) in [5, 5.41) is 22.3. The number of nitrogens with one attached hydrogen (secondary N) is 2. The third kappa shape index (κ3) is 4.58. The molecule has 1 fully saturated rings. The number of ether oxygens (including phenoxy) is 1. The third-order valence-electron chi connectivity index (χ3n) is 2.77. The summed E-state index contributed by atoms with van der Waals surface area (Å²) in [7, 11) is 0. The minimum absolute atomic E-state index is 0.0422. The quantitative estimate of drug-likeness (QED) is 0.505. The zero-order chi connectivity index (χ0) is 12.8. The SMILES string of the molecule is CC(NC(=O)NC[C@H](O)C(=O)O)C1CCOC1. The van der Waals surface area contributed by atoms with Crippen LogP contribution in [0, 0.1) is 5.92 Å². The van der Waals surface area contributed by atoms with E-state index in [4.69, 9.17) is 14.9 Å². The van der Waals surface area contributed by atoms with E-state index >= 15 is 0 Å². The van der Waals surface area contributed by atoms with Crippen LogP contribution in [0.1, 0.15) is 13.3 Å². The van der Waals surface area contributed by atoms with Crippen LogP contribution in [0.15, 0.2) is 0 Å². The number of hydrogen-bond donors (Lipinski definition) is 4. The molecule has 98 valence electrons. The molecule has 3 atom stereocenters. The number of urea groups is 1. The van der Waals surface area contributed by atoms with Crippen LogP contribution in [0.25, 0.3) is 0 Å². The Balaban J connectivity index is 2.22. The number of carboxylic acids is 1. The molecule has 0 aromatic heterocycles. The van der Waals surface area contributed by atoms with E-state index < -0.39 is 18.1 Å². The fraction of sp³-hybridized carbons (Fsp3) is 0.800. The Bertz CT molecular complexity index is 278. The van der Waals surface area contributed by atoms with Crippen LogP contribution in [0.3, 0.4) is 0 Å². The van der Waals surface area contributed by atoms with Gasteiger partial charge in [0.25, 0.3) is 0 Å². The summed E-state index contributed by atoms with van der Waals surface area (Å²) in [6, 6.07) is -0.524. The Kier molecular flexibility index (Phi) is 5.17. The molecule has 1 aliphatic rings. The molecule has 0 spiro atoms. The Morgan fingerprint density at radius 3 is 2.76 bits per heavy atom. The van der Waals surface area contributed by atoms with Gasteiger partial charge in [-0.1, -0.05) is 0 Å². The molecule has 7 heteroatoms. The molecule has 0 radical (unpaired) electrons. The van der Waals surface area contributed by atoms with Gasteiger partial charge in [0.1, 0.15) is 0 Å². The minimum atomic E-state index is -1.58. The van der Waals surface area contributed by atoms with E-state index in [1.165, 1.54) is 0 Å². The zero-order valence-corrected chi connectivity index (χ0v) is 9.68. The summed E-state index contributed by atoms with van der Waals surface area (Å²) in [6.07, 6.45) is -0.676. The monoisotopic (exact) mass is 246 g/mol. The number of carbonyl (C=O) groups excluding carboxylic acids is 1. The Morgan fingerprint density at radius 1 is 1.53 bits per heavy atom. The summed E-state index contributed by atoms with van der Waals surface area (Å²) in [4.78, 5) is 21.7. The van der Waals surface area contributed by atoms with E-state index in [1.807, 2.05) is 6.92 Å². The summed E-state index contributed by atoms with van der Waals surface area (Å²) in [5.74, 6) is -1.08. The van der Waals surface area contributed by atoms with Crippen molar-refractivity contribution in [2.45, 2.75) is 25.5 Å². The molecule has 7 nitrogen and oxygen atoms in total. The van der Waals surface area contributed by atoms with E-state index in [2.05, 4.69) is 10.6 Å². The highest BCUT2D eigenvalue weighted by atomic mass is 16.5. The number of carbonyl (C=O) groups is 2. The van der Waals surface area contributed by atoms with E-state index in [0.29, 0.717) is 13.2 Å². The van der Waals surface area contributed by atoms with E-state index in [9.17, 15) is 9.59 Å². The topological polar surface area (TPSA) is 108 Å². The molecule has 0 bridgehead atoms. The van der Waals surface area contributed by atoms with Gasteiger partial charge in [0.2, 0.25) is 0 Å². The maximum Gasteiger partial charge on any atom is 0.334 e. The van der Waals surface area contributed by atoms with Crippen molar-refractivity contribution in [3.05, 3.63) is 0 Å². The zero-order valence-electron chi connectivity index (χ0n) is 9.68. The first-order valence-electron chi connectivity index (χ1n) is 5.53. The largest absolute Gasteiger partial charge is 0.479 e. The molecule has 0 aliphatic carbocycles. The average Bonchev–Trinajstić information content (AvgIpc) is 2.78. The first-order chi connectivity index (χ1) is 8.00. The Hall–Kier alpha value is -1.34. The molecule has 4 N–H and O–H groups in total. The molecule has 2 unspecified atom stereocenters. The second-order valence-corrected chi connectivity index (χ2v) is 4.12. The summed E-state index contributed by atoms with van der Waals surface area (Å²) in [6.45, 7) is 2.89. The van der Waals surface area contributed by atoms with Crippen molar-refractivity contribution >= 4 is 12.0 Å². The highest BCUT2D eigenvalue weighted by molar-refractivity contribution is 5.76. The van der Waals surface area contributed by atoms with Gasteiger partial charge in [-0.05, 0) is 13.3 Å². The van der Waals surface area contributed by atoms with Crippen molar-refractivity contribution in [2.24, 2.45) is 5.92 Å². The van der Waals surface area contributed by atoms with Crippen LogP contribution < -0.4 is 10.6 Å². The molecule has 2 amide bonds. The lowest BCUT2D eigenvalue weighted by atomic mass is 10.0. The highest BCUT2D eigenvalue weighted by Gasteiger charge is 2.23. The summed E-state index contributed by atoms with van der Waals surface area (Å²) < 4.78 is 5.20. The lowest BCUT2D eigenvalue weighted by Gasteiger charge is -2.19. The molecule has 0 aromatic carbocycles. The summed E-state index contributed by atoms with van der Waals surface area (Å²) in [5.41, 5.74) is 0. The second kappa shape index (κ2) is 6.41. The Morgan fingerprint density at radius 2 is 2.24 bits per heavy atom. The van der Waals surface area contributed by atoms with Crippen LogP contribution in [0.5, 0.6) is 0 Å². The fourth-order valence-electron chi connectivity index (χ4n) is 1.60. The van der Waals surface area contributed by atoms with Gasteiger partial charge in [-0.25, -0.2) is 9.59 Å². The predicted octanol–water partition coefficient (Wildman–Crippen LogP) is -0.844. The molecule has 1 saturated heterocycles. The lowest BCUT2D eigenvalue weighted by Crippen LogP contribution is -2.47. The molecule has 1 aliphatic heterocycles. The van der Waals surface area contributed by atoms with E-state index in [-0.39, 0.29) is 18.5 Å². The maximum absolute atomic E-state index is 11.4. The smallest absolute Gasteiger partial charge is 0.334 e. The van der Waals surface area contributed by atoms with Crippen LogP contribution in [0.4, 0.5) is 4.79 Å². The lowest BCUT2D eigenvalue weighted by molar-refractivity contribution is -0.146. The van der Waals surface area contributed by atoms with Gasteiger partial charge in [0.05, 0.1) is 13.2 Å². The van der Waals surface area contributed by atoms with Gasteiger partial charge >= 0.3 is 12.0 Å². The number of aliphatic hydroxyl groups is 1. The van der Waals surface area contributed by atoms with Crippen molar-refractivity contribution in [1.29, 1.82) is 0 Å². The van der Waals surface area contributed by atoms with Gasteiger partial charge in [0.15, 0.2) is 6.10 Å². The maximum atomic E-state index is 11.4. The number of rotatable bonds is 5. The van der Waals surface area contributed by atoms with Crippen molar-refractivity contribution in [1.82, 2.24) is 10.6 Å². The van der Waals surface area contributed by atoms with Gasteiger partial charge in [0, 0.05) is 18.6 Å². The Labute approximate surface area is 99.1 Å². The van der Waals surface area contributed by atoms with Gasteiger partial charge < -0.3 is 25.6 Å². The summed E-state index contributed by atoms with van der Waals surface area (Å²) >= 11 is 0. The normalized spacial score (nSPS) is 22.8. The van der Waals surface area contributed by atoms with Gasteiger partial charge in [-0.15, -0.1) is 0 Å². The average molecular weight is 246 g/mol. The molecular formula is C10H18N2O5. The van der Waals surface area contributed by atoms with Crippen molar-refractivity contribution in [3.63, 3.8) is 0 Å². The first-order valence-corrected chi connectivity index (χ1v) is 5.53. The number of aliphatic hydroxyl groups excluding tert-OH is 1. The molecule has 0 saturated carbocycles. The molecule has 1 rings (SSSR count). The third-order valence-corrected chi connectivity index (χ3v) is 2.77. The van der Waals surface area contributed by atoms with Gasteiger partial charge in [-0.2, -0.15) is 0 Å². The minimum Gasteiger partial charge on any atom is -0.479 e. The van der Waals surface area contributed by atoms with E-state index in [1.54, 1.807) is 0 Å². The molecule has 17 heavy (non-hydrogen) atoms. The number of aliphatic carboxylic acids is 1. The predicted molar refractivity (Wildman–Crippen MR) is 58.6 cm³/mol.